The van der Waals surface area contributed by atoms with Crippen LogP contribution in [0.3, 0.4) is 0 Å². The quantitative estimate of drug-likeness (QED) is 0.682. The molecule has 0 bridgehead atoms. The highest BCUT2D eigenvalue weighted by atomic mass is 16.2. The average molecular weight is 206 g/mol. The van der Waals surface area contributed by atoms with Gasteiger partial charge in [-0.25, -0.2) is 9.78 Å². The molecule has 1 aliphatic rings. The van der Waals surface area contributed by atoms with Crippen molar-refractivity contribution in [3.8, 4) is 0 Å². The standard InChI is InChI=1S/C9H10N4O2/c10-6-1-2-7(11-5-6)13-4-3-8(14)12-9(13)15/h1-2,5H,3-4,10H2,(H,12,14,15). The third kappa shape index (κ3) is 1.88. The molecule has 15 heavy (non-hydrogen) atoms. The van der Waals surface area contributed by atoms with Crippen molar-refractivity contribution in [3.05, 3.63) is 18.3 Å². The minimum atomic E-state index is -0.441. The van der Waals surface area contributed by atoms with Crippen LogP contribution in [0.2, 0.25) is 0 Å². The van der Waals surface area contributed by atoms with E-state index in [9.17, 15) is 9.59 Å². The number of nitrogens with zero attached hydrogens (tertiary/aromatic N) is 2. The van der Waals surface area contributed by atoms with Gasteiger partial charge in [-0.3, -0.25) is 15.0 Å². The van der Waals surface area contributed by atoms with Crippen molar-refractivity contribution in [2.75, 3.05) is 17.2 Å². The third-order valence-electron chi connectivity index (χ3n) is 2.10. The molecule has 0 aromatic carbocycles. The van der Waals surface area contributed by atoms with E-state index in [0.29, 0.717) is 18.1 Å². The van der Waals surface area contributed by atoms with E-state index >= 15 is 0 Å². The SMILES string of the molecule is Nc1ccc(N2CCC(=O)NC2=O)nc1. The number of hydrogen-bond donors (Lipinski definition) is 2. The maximum absolute atomic E-state index is 11.4. The van der Waals surface area contributed by atoms with Gasteiger partial charge in [0.15, 0.2) is 0 Å². The van der Waals surface area contributed by atoms with Crippen molar-refractivity contribution in [1.82, 2.24) is 10.3 Å². The third-order valence-corrected chi connectivity index (χ3v) is 2.10. The number of aromatic nitrogens is 1. The van der Waals surface area contributed by atoms with Gasteiger partial charge in [-0.15, -0.1) is 0 Å². The molecule has 0 saturated carbocycles. The zero-order valence-electron chi connectivity index (χ0n) is 7.93. The van der Waals surface area contributed by atoms with E-state index in [4.69, 9.17) is 5.73 Å². The highest BCUT2D eigenvalue weighted by Gasteiger charge is 2.24. The lowest BCUT2D eigenvalue weighted by molar-refractivity contribution is -0.120. The summed E-state index contributed by atoms with van der Waals surface area (Å²) < 4.78 is 0. The van der Waals surface area contributed by atoms with Crippen LogP contribution in [0.25, 0.3) is 0 Å². The minimum absolute atomic E-state index is 0.258. The van der Waals surface area contributed by atoms with Crippen molar-refractivity contribution < 1.29 is 9.59 Å². The minimum Gasteiger partial charge on any atom is -0.397 e. The van der Waals surface area contributed by atoms with Gasteiger partial charge in [-0.1, -0.05) is 0 Å². The van der Waals surface area contributed by atoms with Gasteiger partial charge < -0.3 is 5.73 Å². The Morgan fingerprint density at radius 1 is 1.40 bits per heavy atom. The molecule has 6 heteroatoms. The van der Waals surface area contributed by atoms with Crippen LogP contribution in [0.4, 0.5) is 16.3 Å². The molecule has 1 fully saturated rings. The Kier molecular flexibility index (Phi) is 2.24. The molecule has 3 amide bonds. The molecule has 1 saturated heterocycles. The van der Waals surface area contributed by atoms with Gasteiger partial charge in [0.1, 0.15) is 5.82 Å². The van der Waals surface area contributed by atoms with E-state index in [1.807, 2.05) is 0 Å². The lowest BCUT2D eigenvalue weighted by Gasteiger charge is -2.25. The average Bonchev–Trinajstić information content (AvgIpc) is 2.20. The highest BCUT2D eigenvalue weighted by molar-refractivity contribution is 6.05. The van der Waals surface area contributed by atoms with Gasteiger partial charge in [0.2, 0.25) is 5.91 Å². The van der Waals surface area contributed by atoms with Crippen LogP contribution in [0.1, 0.15) is 6.42 Å². The number of imide groups is 1. The zero-order chi connectivity index (χ0) is 10.8. The molecule has 0 atom stereocenters. The number of hydrogen-bond acceptors (Lipinski definition) is 4. The molecule has 0 unspecified atom stereocenters. The summed E-state index contributed by atoms with van der Waals surface area (Å²) in [7, 11) is 0. The Morgan fingerprint density at radius 3 is 2.80 bits per heavy atom. The summed E-state index contributed by atoms with van der Waals surface area (Å²) in [5.74, 6) is 0.237. The molecule has 0 aliphatic carbocycles. The zero-order valence-corrected chi connectivity index (χ0v) is 7.93. The highest BCUT2D eigenvalue weighted by Crippen LogP contribution is 2.14. The van der Waals surface area contributed by atoms with Gasteiger partial charge >= 0.3 is 6.03 Å². The van der Waals surface area contributed by atoms with E-state index in [0.717, 1.165) is 0 Å². The van der Waals surface area contributed by atoms with Crippen LogP contribution >= 0.6 is 0 Å². The molecule has 0 radical (unpaired) electrons. The summed E-state index contributed by atoms with van der Waals surface area (Å²) in [4.78, 5) is 27.7. The Hall–Kier alpha value is -2.11. The number of nitrogens with one attached hydrogen (secondary N) is 1. The molecule has 0 spiro atoms. The second kappa shape index (κ2) is 3.56. The number of nitrogens with two attached hydrogens (primary N) is 1. The molecule has 1 aromatic heterocycles. The number of anilines is 2. The van der Waals surface area contributed by atoms with Crippen LogP contribution in [0.5, 0.6) is 0 Å². The van der Waals surface area contributed by atoms with E-state index in [2.05, 4.69) is 10.3 Å². The number of amides is 3. The van der Waals surface area contributed by atoms with Crippen molar-refractivity contribution in [2.45, 2.75) is 6.42 Å². The molecule has 1 aromatic rings. The summed E-state index contributed by atoms with van der Waals surface area (Å²) in [5.41, 5.74) is 6.01. The predicted octanol–water partition coefficient (Wildman–Crippen LogP) is 0.110. The molecular weight excluding hydrogens is 196 g/mol. The predicted molar refractivity (Wildman–Crippen MR) is 54.2 cm³/mol. The van der Waals surface area contributed by atoms with Crippen LogP contribution < -0.4 is 16.0 Å². The first kappa shape index (κ1) is 9.45. The largest absolute Gasteiger partial charge is 0.397 e. The smallest absolute Gasteiger partial charge is 0.329 e. The lowest BCUT2D eigenvalue weighted by atomic mass is 10.3. The lowest BCUT2D eigenvalue weighted by Crippen LogP contribution is -2.49. The van der Waals surface area contributed by atoms with Crippen molar-refractivity contribution in [2.24, 2.45) is 0 Å². The van der Waals surface area contributed by atoms with Gasteiger partial charge in [-0.05, 0) is 12.1 Å². The monoisotopic (exact) mass is 206 g/mol. The molecular formula is C9H10N4O2. The van der Waals surface area contributed by atoms with Gasteiger partial charge in [0.25, 0.3) is 0 Å². The fourth-order valence-electron chi connectivity index (χ4n) is 1.34. The Labute approximate surface area is 86.1 Å². The first-order chi connectivity index (χ1) is 7.16. The fourth-order valence-corrected chi connectivity index (χ4v) is 1.34. The number of pyridine rings is 1. The molecule has 2 heterocycles. The summed E-state index contributed by atoms with van der Waals surface area (Å²) in [6, 6.07) is 2.86. The van der Waals surface area contributed by atoms with Crippen molar-refractivity contribution >= 4 is 23.4 Å². The second-order valence-electron chi connectivity index (χ2n) is 3.20. The Bertz CT molecular complexity index is 401. The molecule has 3 N–H and O–H groups in total. The molecule has 6 nitrogen and oxygen atoms in total. The molecule has 1 aliphatic heterocycles. The van der Waals surface area contributed by atoms with E-state index in [1.165, 1.54) is 11.1 Å². The van der Waals surface area contributed by atoms with Gasteiger partial charge in [0.05, 0.1) is 11.9 Å². The van der Waals surface area contributed by atoms with Crippen LogP contribution in [0.15, 0.2) is 18.3 Å². The maximum Gasteiger partial charge on any atom is 0.329 e. The number of urea groups is 1. The maximum atomic E-state index is 11.4. The van der Waals surface area contributed by atoms with Crippen LogP contribution in [-0.2, 0) is 4.79 Å². The van der Waals surface area contributed by atoms with E-state index < -0.39 is 6.03 Å². The van der Waals surface area contributed by atoms with E-state index in [1.54, 1.807) is 12.1 Å². The summed E-state index contributed by atoms with van der Waals surface area (Å²) in [6.45, 7) is 0.349. The fraction of sp³-hybridized carbons (Fsp3) is 0.222. The molecule has 78 valence electrons. The van der Waals surface area contributed by atoms with Gasteiger partial charge in [-0.2, -0.15) is 0 Å². The first-order valence-corrected chi connectivity index (χ1v) is 4.50. The van der Waals surface area contributed by atoms with Crippen molar-refractivity contribution in [3.63, 3.8) is 0 Å². The Morgan fingerprint density at radius 2 is 2.20 bits per heavy atom. The summed E-state index contributed by atoms with van der Waals surface area (Å²) in [6.07, 6.45) is 1.76. The first-order valence-electron chi connectivity index (χ1n) is 4.50. The van der Waals surface area contributed by atoms with Crippen LogP contribution in [-0.4, -0.2) is 23.5 Å². The van der Waals surface area contributed by atoms with Crippen molar-refractivity contribution in [1.29, 1.82) is 0 Å². The number of rotatable bonds is 1. The van der Waals surface area contributed by atoms with E-state index in [-0.39, 0.29) is 12.3 Å². The number of carbonyl (C=O) groups excluding carboxylic acids is 2. The van der Waals surface area contributed by atoms with Gasteiger partial charge in [0, 0.05) is 13.0 Å². The number of nitrogen functional groups attached to an aromatic ring is 1. The normalized spacial score (nSPS) is 16.4. The summed E-state index contributed by atoms with van der Waals surface area (Å²) >= 11 is 0. The summed E-state index contributed by atoms with van der Waals surface area (Å²) in [5, 5.41) is 2.22. The van der Waals surface area contributed by atoms with Crippen LogP contribution in [0, 0.1) is 0 Å². The Balaban J connectivity index is 2.20. The molecule has 2 rings (SSSR count). The second-order valence-corrected chi connectivity index (χ2v) is 3.20. The topological polar surface area (TPSA) is 88.3 Å². The number of carbonyl (C=O) groups is 2.